The van der Waals surface area contributed by atoms with Gasteiger partial charge in [0, 0.05) is 37.9 Å². The molecule has 0 aliphatic carbocycles. The molecule has 0 radical (unpaired) electrons. The number of carbonyl (C=O) groups excluding carboxylic acids is 2. The van der Waals surface area contributed by atoms with Crippen LogP contribution in [0.25, 0.3) is 10.2 Å². The molecule has 2 amide bonds. The van der Waals surface area contributed by atoms with E-state index in [0.717, 1.165) is 10.2 Å². The van der Waals surface area contributed by atoms with Gasteiger partial charge in [-0.15, -0.1) is 0 Å². The van der Waals surface area contributed by atoms with Crippen molar-refractivity contribution in [2.75, 3.05) is 44.8 Å². The van der Waals surface area contributed by atoms with Gasteiger partial charge in [-0.25, -0.2) is 18.2 Å². The summed E-state index contributed by atoms with van der Waals surface area (Å²) in [6.07, 6.45) is 1.21. The molecule has 11 nitrogen and oxygen atoms in total. The van der Waals surface area contributed by atoms with Gasteiger partial charge in [0.05, 0.1) is 41.1 Å². The summed E-state index contributed by atoms with van der Waals surface area (Å²) in [4.78, 5) is 37.9. The maximum atomic E-state index is 13.8. The van der Waals surface area contributed by atoms with Crippen molar-refractivity contribution in [3.05, 3.63) is 78.1 Å². The smallest absolute Gasteiger partial charge is 0.409 e. The van der Waals surface area contributed by atoms with E-state index in [0.29, 0.717) is 22.1 Å². The number of methoxy groups -OCH3 is 1. The quantitative estimate of drug-likeness (QED) is 0.300. The number of pyridine rings is 1. The highest BCUT2D eigenvalue weighted by atomic mass is 32.2. The van der Waals surface area contributed by atoms with Crippen molar-refractivity contribution in [2.24, 2.45) is 0 Å². The van der Waals surface area contributed by atoms with Gasteiger partial charge >= 0.3 is 6.09 Å². The summed E-state index contributed by atoms with van der Waals surface area (Å²) in [7, 11) is -2.22. The highest BCUT2D eigenvalue weighted by Crippen LogP contribution is 2.33. The van der Waals surface area contributed by atoms with Crippen LogP contribution in [0.15, 0.2) is 71.8 Å². The van der Waals surface area contributed by atoms with Gasteiger partial charge in [0.25, 0.3) is 5.91 Å². The van der Waals surface area contributed by atoms with E-state index in [2.05, 4.69) is 9.97 Å². The van der Waals surface area contributed by atoms with E-state index < -0.39 is 16.1 Å². The third kappa shape index (κ3) is 6.16. The molecule has 0 atom stereocenters. The van der Waals surface area contributed by atoms with Gasteiger partial charge in [-0.05, 0) is 61.5 Å². The third-order valence-corrected chi connectivity index (χ3v) is 9.56. The lowest BCUT2D eigenvalue weighted by atomic mass is 10.2. The number of amides is 2. The Morgan fingerprint density at radius 1 is 1.02 bits per heavy atom. The van der Waals surface area contributed by atoms with Gasteiger partial charge in [0.15, 0.2) is 5.13 Å². The van der Waals surface area contributed by atoms with Crippen LogP contribution in [0.2, 0.25) is 0 Å². The van der Waals surface area contributed by atoms with Crippen LogP contribution in [0.5, 0.6) is 5.75 Å². The molecule has 0 spiro atoms. The lowest BCUT2D eigenvalue weighted by Gasteiger charge is -2.33. The molecule has 1 aliphatic heterocycles. The second-order valence-corrected chi connectivity index (χ2v) is 12.1. The molecule has 2 aromatic heterocycles. The normalized spacial score (nSPS) is 14.1. The molecule has 0 bridgehead atoms. The van der Waals surface area contributed by atoms with Crippen LogP contribution in [0, 0.1) is 0 Å². The first-order valence-corrected chi connectivity index (χ1v) is 15.2. The molecule has 2 aromatic carbocycles. The number of carbonyl (C=O) groups is 2. The standard InChI is InChI=1S/C28H29N5O6S2/c1-3-39-28(35)31-14-16-32(17-15-31)41(36,37)23-10-7-20(8-11-23)26(34)33(19-21-6-4-5-13-29-21)27-30-24-12-9-22(38-2)18-25(24)40-27/h4-13,18H,3,14-17,19H2,1-2H3. The highest BCUT2D eigenvalue weighted by Gasteiger charge is 2.31. The topological polar surface area (TPSA) is 122 Å². The van der Waals surface area contributed by atoms with E-state index in [4.69, 9.17) is 9.47 Å². The van der Waals surface area contributed by atoms with Crippen molar-refractivity contribution in [2.45, 2.75) is 18.4 Å². The largest absolute Gasteiger partial charge is 0.497 e. The molecule has 214 valence electrons. The van der Waals surface area contributed by atoms with Gasteiger partial charge in [-0.3, -0.25) is 14.7 Å². The summed E-state index contributed by atoms with van der Waals surface area (Å²) in [5.41, 5.74) is 1.72. The fourth-order valence-electron chi connectivity index (χ4n) is 4.42. The van der Waals surface area contributed by atoms with E-state index in [1.807, 2.05) is 30.3 Å². The van der Waals surface area contributed by atoms with Crippen LogP contribution in [0.1, 0.15) is 23.0 Å². The number of sulfonamides is 1. The number of rotatable bonds is 8. The summed E-state index contributed by atoms with van der Waals surface area (Å²) in [6, 6.07) is 16.9. The molecule has 3 heterocycles. The van der Waals surface area contributed by atoms with Gasteiger partial charge < -0.3 is 14.4 Å². The van der Waals surface area contributed by atoms with Crippen LogP contribution < -0.4 is 9.64 Å². The number of hydrogen-bond donors (Lipinski definition) is 0. The van der Waals surface area contributed by atoms with E-state index in [-0.39, 0.29) is 50.1 Å². The van der Waals surface area contributed by atoms with Crippen molar-refractivity contribution >= 4 is 48.7 Å². The van der Waals surface area contributed by atoms with Crippen LogP contribution in [0.3, 0.4) is 0 Å². The van der Waals surface area contributed by atoms with Crippen LogP contribution in [-0.4, -0.2) is 79.5 Å². The molecule has 0 N–H and O–H groups in total. The average molecular weight is 596 g/mol. The Balaban J connectivity index is 1.37. The SMILES string of the molecule is CCOC(=O)N1CCN(S(=O)(=O)c2ccc(C(=O)N(Cc3ccccn3)c3nc4ccc(OC)cc4s3)cc2)CC1. The first-order chi connectivity index (χ1) is 19.8. The third-order valence-electron chi connectivity index (χ3n) is 6.61. The fraction of sp³-hybridized carbons (Fsp3) is 0.286. The van der Waals surface area contributed by atoms with Gasteiger partial charge in [0.1, 0.15) is 5.75 Å². The molecule has 1 fully saturated rings. The minimum absolute atomic E-state index is 0.0713. The van der Waals surface area contributed by atoms with E-state index in [9.17, 15) is 18.0 Å². The number of anilines is 1. The first-order valence-electron chi connectivity index (χ1n) is 13.0. The molecule has 1 saturated heterocycles. The Labute approximate surface area is 242 Å². The molecular formula is C28H29N5O6S2. The zero-order valence-electron chi connectivity index (χ0n) is 22.6. The molecule has 41 heavy (non-hydrogen) atoms. The number of fused-ring (bicyclic) bond motifs is 1. The van der Waals surface area contributed by atoms with E-state index >= 15 is 0 Å². The average Bonchev–Trinajstić information content (AvgIpc) is 3.43. The van der Waals surface area contributed by atoms with E-state index in [1.54, 1.807) is 26.3 Å². The van der Waals surface area contributed by atoms with Crippen molar-refractivity contribution < 1.29 is 27.5 Å². The van der Waals surface area contributed by atoms with Crippen LogP contribution >= 0.6 is 11.3 Å². The van der Waals surface area contributed by atoms with Crippen LogP contribution in [-0.2, 0) is 21.3 Å². The summed E-state index contributed by atoms with van der Waals surface area (Å²) >= 11 is 1.36. The number of benzene rings is 2. The first kappa shape index (κ1) is 28.5. The maximum absolute atomic E-state index is 13.8. The summed E-state index contributed by atoms with van der Waals surface area (Å²) in [5.74, 6) is 0.350. The van der Waals surface area contributed by atoms with Gasteiger partial charge in [-0.1, -0.05) is 17.4 Å². The van der Waals surface area contributed by atoms with Crippen molar-refractivity contribution in [1.82, 2.24) is 19.2 Å². The van der Waals surface area contributed by atoms with Crippen molar-refractivity contribution in [3.63, 3.8) is 0 Å². The second kappa shape index (κ2) is 12.2. The number of piperazine rings is 1. The van der Waals surface area contributed by atoms with Gasteiger partial charge in [0.2, 0.25) is 10.0 Å². The molecular weight excluding hydrogens is 566 g/mol. The Bertz CT molecular complexity index is 1640. The minimum atomic E-state index is -3.81. The molecule has 4 aromatic rings. The number of hydrogen-bond acceptors (Lipinski definition) is 9. The lowest BCUT2D eigenvalue weighted by molar-refractivity contribution is 0.0933. The summed E-state index contributed by atoms with van der Waals surface area (Å²) in [5, 5.41) is 0.486. The zero-order valence-corrected chi connectivity index (χ0v) is 24.2. The Morgan fingerprint density at radius 3 is 2.44 bits per heavy atom. The number of nitrogens with zero attached hydrogens (tertiary/aromatic N) is 5. The number of aromatic nitrogens is 2. The van der Waals surface area contributed by atoms with Crippen LogP contribution in [0.4, 0.5) is 9.93 Å². The lowest BCUT2D eigenvalue weighted by Crippen LogP contribution is -2.50. The van der Waals surface area contributed by atoms with E-state index in [1.165, 1.54) is 49.7 Å². The molecule has 13 heteroatoms. The Kier molecular flexibility index (Phi) is 8.47. The fourth-order valence-corrected chi connectivity index (χ4v) is 6.83. The molecule has 1 aliphatic rings. The predicted molar refractivity (Wildman–Crippen MR) is 155 cm³/mol. The number of ether oxygens (including phenoxy) is 2. The zero-order chi connectivity index (χ0) is 29.0. The second-order valence-electron chi connectivity index (χ2n) is 9.16. The van der Waals surface area contributed by atoms with Crippen molar-refractivity contribution in [1.29, 1.82) is 0 Å². The Morgan fingerprint density at radius 2 is 1.78 bits per heavy atom. The monoisotopic (exact) mass is 595 g/mol. The molecule has 0 saturated carbocycles. The summed E-state index contributed by atoms with van der Waals surface area (Å²) in [6.45, 7) is 2.96. The van der Waals surface area contributed by atoms with Gasteiger partial charge in [-0.2, -0.15) is 4.31 Å². The maximum Gasteiger partial charge on any atom is 0.409 e. The predicted octanol–water partition coefficient (Wildman–Crippen LogP) is 4.01. The summed E-state index contributed by atoms with van der Waals surface area (Å²) < 4.78 is 39.1. The Hall–Kier alpha value is -4.07. The molecule has 5 rings (SSSR count). The highest BCUT2D eigenvalue weighted by molar-refractivity contribution is 7.89. The van der Waals surface area contributed by atoms with Crippen molar-refractivity contribution in [3.8, 4) is 5.75 Å². The molecule has 0 unspecified atom stereocenters. The minimum Gasteiger partial charge on any atom is -0.497 e. The number of thiazole rings is 1.